The molecule has 1 fully saturated rings. The fraction of sp³-hybridized carbons (Fsp3) is 0.526. The molecule has 2 heteroatoms. The summed E-state index contributed by atoms with van der Waals surface area (Å²) in [5, 5.41) is 6.44. The second-order valence-electron chi connectivity index (χ2n) is 6.45. The van der Waals surface area contributed by atoms with E-state index in [0.717, 1.165) is 18.4 Å². The molecule has 21 heavy (non-hydrogen) atoms. The van der Waals surface area contributed by atoms with Crippen molar-refractivity contribution in [2.24, 2.45) is 11.8 Å². The van der Waals surface area contributed by atoms with Crippen molar-refractivity contribution in [1.29, 1.82) is 0 Å². The minimum absolute atomic E-state index is 0.468. The number of nitrogens with zero attached hydrogens (tertiary/aromatic N) is 1. The molecule has 3 unspecified atom stereocenters. The van der Waals surface area contributed by atoms with E-state index in [1.165, 1.54) is 42.0 Å². The van der Waals surface area contributed by atoms with Gasteiger partial charge in [-0.25, -0.2) is 0 Å². The van der Waals surface area contributed by atoms with Gasteiger partial charge < -0.3 is 5.32 Å². The van der Waals surface area contributed by atoms with E-state index in [4.69, 9.17) is 0 Å². The molecule has 1 aliphatic carbocycles. The molecule has 1 aliphatic rings. The Kier molecular flexibility index (Phi) is 4.54. The zero-order chi connectivity index (χ0) is 14.7. The summed E-state index contributed by atoms with van der Waals surface area (Å²) in [6.07, 6.45) is 9.20. The number of pyridine rings is 1. The predicted molar refractivity (Wildman–Crippen MR) is 89.3 cm³/mol. The van der Waals surface area contributed by atoms with Gasteiger partial charge >= 0.3 is 0 Å². The molecule has 0 spiro atoms. The third kappa shape index (κ3) is 2.96. The number of rotatable bonds is 5. The van der Waals surface area contributed by atoms with Crippen LogP contribution in [-0.2, 0) is 0 Å². The molecular formula is C19H26N2. The Hall–Kier alpha value is -1.41. The highest BCUT2D eigenvalue weighted by Crippen LogP contribution is 2.41. The van der Waals surface area contributed by atoms with E-state index >= 15 is 0 Å². The van der Waals surface area contributed by atoms with E-state index in [1.807, 2.05) is 12.4 Å². The van der Waals surface area contributed by atoms with E-state index < -0.39 is 0 Å². The largest absolute Gasteiger partial charge is 0.310 e. The van der Waals surface area contributed by atoms with Gasteiger partial charge in [-0.3, -0.25) is 4.98 Å². The predicted octanol–water partition coefficient (Wildman–Crippen LogP) is 4.71. The number of aromatic nitrogens is 1. The minimum atomic E-state index is 0.468. The quantitative estimate of drug-likeness (QED) is 0.859. The Bertz CT molecular complexity index is 588. The molecule has 1 aromatic heterocycles. The molecule has 2 aromatic rings. The van der Waals surface area contributed by atoms with Crippen molar-refractivity contribution in [3.8, 4) is 0 Å². The molecule has 0 saturated heterocycles. The van der Waals surface area contributed by atoms with Crippen LogP contribution in [0, 0.1) is 11.8 Å². The van der Waals surface area contributed by atoms with Gasteiger partial charge in [-0.1, -0.05) is 44.9 Å². The fourth-order valence-corrected chi connectivity index (χ4v) is 3.87. The standard InChI is InChI=1S/C19H26N2/c1-3-11-21-19(16-8-4-6-14(16)2)17-9-5-7-15-10-12-20-13-18(15)17/h5,7,9-10,12-14,16,19,21H,3-4,6,8,11H2,1-2H3. The van der Waals surface area contributed by atoms with Gasteiger partial charge in [-0.05, 0) is 48.2 Å². The van der Waals surface area contributed by atoms with Crippen LogP contribution in [0.3, 0.4) is 0 Å². The first-order valence-corrected chi connectivity index (χ1v) is 8.37. The number of benzene rings is 1. The zero-order valence-corrected chi connectivity index (χ0v) is 13.2. The molecule has 1 saturated carbocycles. The lowest BCUT2D eigenvalue weighted by molar-refractivity contribution is 0.303. The molecule has 2 nitrogen and oxygen atoms in total. The van der Waals surface area contributed by atoms with Gasteiger partial charge in [-0.15, -0.1) is 0 Å². The lowest BCUT2D eigenvalue weighted by atomic mass is 9.84. The van der Waals surface area contributed by atoms with Gasteiger partial charge in [0.1, 0.15) is 0 Å². The molecular weight excluding hydrogens is 256 g/mol. The SMILES string of the molecule is CCCNC(c1cccc2ccncc12)C1CCCC1C. The van der Waals surface area contributed by atoms with E-state index in [9.17, 15) is 0 Å². The van der Waals surface area contributed by atoms with Gasteiger partial charge in [0.05, 0.1) is 0 Å². The van der Waals surface area contributed by atoms with Crippen molar-refractivity contribution >= 4 is 10.8 Å². The number of hydrogen-bond donors (Lipinski definition) is 1. The third-order valence-corrected chi connectivity index (χ3v) is 5.02. The second kappa shape index (κ2) is 6.57. The summed E-state index contributed by atoms with van der Waals surface area (Å²) in [6.45, 7) is 5.75. The minimum Gasteiger partial charge on any atom is -0.310 e. The van der Waals surface area contributed by atoms with Crippen LogP contribution in [-0.4, -0.2) is 11.5 Å². The van der Waals surface area contributed by atoms with Gasteiger partial charge in [0, 0.05) is 23.8 Å². The Balaban J connectivity index is 2.01. The maximum Gasteiger partial charge on any atom is 0.0357 e. The summed E-state index contributed by atoms with van der Waals surface area (Å²) in [7, 11) is 0. The number of hydrogen-bond acceptors (Lipinski definition) is 2. The Labute approximate surface area is 128 Å². The van der Waals surface area contributed by atoms with Crippen LogP contribution in [0.1, 0.15) is 51.1 Å². The molecule has 3 rings (SSSR count). The van der Waals surface area contributed by atoms with Crippen LogP contribution in [0.15, 0.2) is 36.7 Å². The Morgan fingerprint density at radius 1 is 1.29 bits per heavy atom. The van der Waals surface area contributed by atoms with E-state index in [-0.39, 0.29) is 0 Å². The van der Waals surface area contributed by atoms with Crippen LogP contribution < -0.4 is 5.32 Å². The monoisotopic (exact) mass is 282 g/mol. The Morgan fingerprint density at radius 3 is 2.95 bits per heavy atom. The summed E-state index contributed by atoms with van der Waals surface area (Å²) >= 11 is 0. The van der Waals surface area contributed by atoms with Crippen molar-refractivity contribution < 1.29 is 0 Å². The molecule has 1 aromatic carbocycles. The highest BCUT2D eigenvalue weighted by molar-refractivity contribution is 5.85. The van der Waals surface area contributed by atoms with E-state index in [2.05, 4.69) is 48.4 Å². The fourth-order valence-electron chi connectivity index (χ4n) is 3.87. The molecule has 3 atom stereocenters. The van der Waals surface area contributed by atoms with Crippen LogP contribution in [0.4, 0.5) is 0 Å². The van der Waals surface area contributed by atoms with Crippen LogP contribution in [0.2, 0.25) is 0 Å². The maximum atomic E-state index is 4.35. The summed E-state index contributed by atoms with van der Waals surface area (Å²) in [6, 6.07) is 9.26. The van der Waals surface area contributed by atoms with Crippen molar-refractivity contribution in [2.75, 3.05) is 6.54 Å². The number of nitrogens with one attached hydrogen (secondary N) is 1. The van der Waals surface area contributed by atoms with Gasteiger partial charge in [0.2, 0.25) is 0 Å². The van der Waals surface area contributed by atoms with Crippen LogP contribution >= 0.6 is 0 Å². The molecule has 0 aliphatic heterocycles. The van der Waals surface area contributed by atoms with Crippen LogP contribution in [0.25, 0.3) is 10.8 Å². The van der Waals surface area contributed by atoms with Crippen LogP contribution in [0.5, 0.6) is 0 Å². The first-order chi connectivity index (χ1) is 10.3. The molecule has 0 radical (unpaired) electrons. The average molecular weight is 282 g/mol. The number of fused-ring (bicyclic) bond motifs is 1. The first kappa shape index (κ1) is 14.5. The van der Waals surface area contributed by atoms with Gasteiger partial charge in [0.15, 0.2) is 0 Å². The first-order valence-electron chi connectivity index (χ1n) is 8.37. The van der Waals surface area contributed by atoms with Gasteiger partial charge in [-0.2, -0.15) is 0 Å². The summed E-state index contributed by atoms with van der Waals surface area (Å²) in [5.41, 5.74) is 1.44. The Morgan fingerprint density at radius 2 is 2.19 bits per heavy atom. The maximum absolute atomic E-state index is 4.35. The van der Waals surface area contributed by atoms with Crippen molar-refractivity contribution in [3.05, 3.63) is 42.2 Å². The second-order valence-corrected chi connectivity index (χ2v) is 6.45. The van der Waals surface area contributed by atoms with E-state index in [1.54, 1.807) is 0 Å². The lowest BCUT2D eigenvalue weighted by Gasteiger charge is -2.29. The highest BCUT2D eigenvalue weighted by atomic mass is 14.9. The molecule has 0 amide bonds. The topological polar surface area (TPSA) is 24.9 Å². The van der Waals surface area contributed by atoms with E-state index in [0.29, 0.717) is 6.04 Å². The van der Waals surface area contributed by atoms with Gasteiger partial charge in [0.25, 0.3) is 0 Å². The summed E-state index contributed by atoms with van der Waals surface area (Å²) in [5.74, 6) is 1.56. The normalized spacial score (nSPS) is 23.5. The zero-order valence-electron chi connectivity index (χ0n) is 13.2. The van der Waals surface area contributed by atoms with Crippen molar-refractivity contribution in [1.82, 2.24) is 10.3 Å². The lowest BCUT2D eigenvalue weighted by Crippen LogP contribution is -2.30. The smallest absolute Gasteiger partial charge is 0.0357 e. The van der Waals surface area contributed by atoms with Crippen molar-refractivity contribution in [2.45, 2.75) is 45.6 Å². The molecule has 1 heterocycles. The highest BCUT2D eigenvalue weighted by Gasteiger charge is 2.32. The molecule has 112 valence electrons. The summed E-state index contributed by atoms with van der Waals surface area (Å²) < 4.78 is 0. The van der Waals surface area contributed by atoms with Crippen molar-refractivity contribution in [3.63, 3.8) is 0 Å². The molecule has 1 N–H and O–H groups in total. The molecule has 0 bridgehead atoms. The third-order valence-electron chi connectivity index (χ3n) is 5.02. The summed E-state index contributed by atoms with van der Waals surface area (Å²) in [4.78, 5) is 4.35. The average Bonchev–Trinajstić information content (AvgIpc) is 2.94.